The van der Waals surface area contributed by atoms with Crippen LogP contribution in [-0.4, -0.2) is 4.98 Å². The van der Waals surface area contributed by atoms with E-state index in [0.29, 0.717) is 0 Å². The van der Waals surface area contributed by atoms with E-state index < -0.39 is 0 Å². The van der Waals surface area contributed by atoms with Gasteiger partial charge in [-0.05, 0) is 31.9 Å². The van der Waals surface area contributed by atoms with E-state index >= 15 is 0 Å². The van der Waals surface area contributed by atoms with Gasteiger partial charge in [-0.2, -0.15) is 0 Å². The van der Waals surface area contributed by atoms with Gasteiger partial charge in [0.05, 0.1) is 11.4 Å². The van der Waals surface area contributed by atoms with E-state index in [2.05, 4.69) is 11.9 Å². The number of aromatic nitrogens is 1. The average Bonchev–Trinajstić information content (AvgIpc) is 2.07. The molecule has 1 rings (SSSR count). The minimum absolute atomic E-state index is 0.787. The Morgan fingerprint density at radius 3 is 2.75 bits per heavy atom. The van der Waals surface area contributed by atoms with Crippen molar-refractivity contribution >= 4 is 5.69 Å². The molecular weight excluding hydrogens is 148 g/mol. The van der Waals surface area contributed by atoms with Crippen LogP contribution in [0.15, 0.2) is 12.1 Å². The molecule has 0 spiro atoms. The first kappa shape index (κ1) is 9.04. The lowest BCUT2D eigenvalue weighted by atomic mass is 10.2. The number of rotatable bonds is 3. The minimum Gasteiger partial charge on any atom is -0.397 e. The Bertz CT molecular complexity index is 256. The summed E-state index contributed by atoms with van der Waals surface area (Å²) in [6.07, 6.45) is 3.49. The number of aryl methyl sites for hydroxylation is 2. The van der Waals surface area contributed by atoms with Gasteiger partial charge >= 0.3 is 0 Å². The molecule has 2 N–H and O–H groups in total. The highest BCUT2D eigenvalue weighted by Crippen LogP contribution is 2.09. The molecule has 2 nitrogen and oxygen atoms in total. The third-order valence-corrected chi connectivity index (χ3v) is 1.97. The fourth-order valence-corrected chi connectivity index (χ4v) is 1.12. The van der Waals surface area contributed by atoms with Crippen molar-refractivity contribution in [3.63, 3.8) is 0 Å². The molecule has 1 aromatic heterocycles. The van der Waals surface area contributed by atoms with Crippen LogP contribution in [-0.2, 0) is 6.42 Å². The number of hydrogen-bond donors (Lipinski definition) is 1. The first-order valence-electron chi connectivity index (χ1n) is 4.46. The topological polar surface area (TPSA) is 38.9 Å². The van der Waals surface area contributed by atoms with Gasteiger partial charge in [0, 0.05) is 5.69 Å². The van der Waals surface area contributed by atoms with Crippen LogP contribution >= 0.6 is 0 Å². The van der Waals surface area contributed by atoms with Gasteiger partial charge in [-0.1, -0.05) is 13.3 Å². The number of unbranched alkanes of at least 4 members (excludes halogenated alkanes) is 1. The molecule has 0 aliphatic carbocycles. The summed E-state index contributed by atoms with van der Waals surface area (Å²) >= 11 is 0. The molecule has 0 aliphatic heterocycles. The molecule has 0 radical (unpaired) electrons. The average molecular weight is 164 g/mol. The van der Waals surface area contributed by atoms with Crippen molar-refractivity contribution < 1.29 is 0 Å². The maximum Gasteiger partial charge on any atom is 0.0604 e. The van der Waals surface area contributed by atoms with Crippen molar-refractivity contribution in [1.82, 2.24) is 4.98 Å². The van der Waals surface area contributed by atoms with Gasteiger partial charge in [-0.25, -0.2) is 0 Å². The van der Waals surface area contributed by atoms with Crippen molar-refractivity contribution in [1.29, 1.82) is 0 Å². The molecular formula is C10H16N2. The third kappa shape index (κ3) is 2.22. The molecule has 0 bridgehead atoms. The molecule has 0 saturated heterocycles. The van der Waals surface area contributed by atoms with Crippen LogP contribution in [0.2, 0.25) is 0 Å². The second kappa shape index (κ2) is 4.10. The van der Waals surface area contributed by atoms with Gasteiger partial charge in [0.1, 0.15) is 0 Å². The number of hydrogen-bond acceptors (Lipinski definition) is 2. The molecule has 66 valence electrons. The van der Waals surface area contributed by atoms with Gasteiger partial charge in [-0.3, -0.25) is 4.98 Å². The Hall–Kier alpha value is -1.05. The quantitative estimate of drug-likeness (QED) is 0.744. The van der Waals surface area contributed by atoms with E-state index in [-0.39, 0.29) is 0 Å². The summed E-state index contributed by atoms with van der Waals surface area (Å²) in [6, 6.07) is 3.95. The van der Waals surface area contributed by atoms with Crippen LogP contribution in [0, 0.1) is 6.92 Å². The Balaban J connectivity index is 2.69. The van der Waals surface area contributed by atoms with Gasteiger partial charge in [0.15, 0.2) is 0 Å². The third-order valence-electron chi connectivity index (χ3n) is 1.97. The number of nitrogens with zero attached hydrogens (tertiary/aromatic N) is 1. The van der Waals surface area contributed by atoms with E-state index in [4.69, 9.17) is 5.73 Å². The van der Waals surface area contributed by atoms with Crippen LogP contribution in [0.4, 0.5) is 5.69 Å². The first-order chi connectivity index (χ1) is 5.74. The lowest BCUT2D eigenvalue weighted by molar-refractivity contribution is 0.774. The monoisotopic (exact) mass is 164 g/mol. The van der Waals surface area contributed by atoms with Crippen molar-refractivity contribution in [2.45, 2.75) is 33.1 Å². The number of nitrogens with two attached hydrogens (primary N) is 1. The molecule has 0 aromatic carbocycles. The van der Waals surface area contributed by atoms with Gasteiger partial charge < -0.3 is 5.73 Å². The largest absolute Gasteiger partial charge is 0.397 e. The van der Waals surface area contributed by atoms with Crippen molar-refractivity contribution in [2.75, 3.05) is 5.73 Å². The molecule has 12 heavy (non-hydrogen) atoms. The maximum atomic E-state index is 5.65. The molecule has 0 aliphatic rings. The second-order valence-corrected chi connectivity index (χ2v) is 3.08. The number of pyridine rings is 1. The molecule has 0 saturated carbocycles. The highest BCUT2D eigenvalue weighted by Gasteiger charge is 1.97. The zero-order valence-corrected chi connectivity index (χ0v) is 7.80. The molecule has 2 heteroatoms. The van der Waals surface area contributed by atoms with Gasteiger partial charge in [0.2, 0.25) is 0 Å². The van der Waals surface area contributed by atoms with Crippen LogP contribution in [0.25, 0.3) is 0 Å². The smallest absolute Gasteiger partial charge is 0.0604 e. The standard InChI is InChI=1S/C10H16N2/c1-3-4-5-9-6-7-10(11)8(2)12-9/h6-7H,3-5,11H2,1-2H3. The molecule has 0 unspecified atom stereocenters. The first-order valence-corrected chi connectivity index (χ1v) is 4.46. The Morgan fingerprint density at radius 1 is 1.42 bits per heavy atom. The van der Waals surface area contributed by atoms with Crippen LogP contribution in [0.5, 0.6) is 0 Å². The van der Waals surface area contributed by atoms with Crippen molar-refractivity contribution in [2.24, 2.45) is 0 Å². The Kier molecular flexibility index (Phi) is 3.09. The summed E-state index contributed by atoms with van der Waals surface area (Å²) in [5, 5.41) is 0. The van der Waals surface area contributed by atoms with Crippen LogP contribution in [0.3, 0.4) is 0 Å². The summed E-state index contributed by atoms with van der Waals surface area (Å²) < 4.78 is 0. The molecule has 1 heterocycles. The van der Waals surface area contributed by atoms with E-state index in [1.807, 2.05) is 19.1 Å². The predicted molar refractivity (Wildman–Crippen MR) is 52.0 cm³/mol. The summed E-state index contributed by atoms with van der Waals surface area (Å²) in [6.45, 7) is 4.13. The van der Waals surface area contributed by atoms with Crippen molar-refractivity contribution in [3.8, 4) is 0 Å². The van der Waals surface area contributed by atoms with Gasteiger partial charge in [0.25, 0.3) is 0 Å². The molecule has 0 fully saturated rings. The SMILES string of the molecule is CCCCc1ccc(N)c(C)n1. The summed E-state index contributed by atoms with van der Waals surface area (Å²) in [5.74, 6) is 0. The lowest BCUT2D eigenvalue weighted by Gasteiger charge is -2.02. The van der Waals surface area contributed by atoms with E-state index in [0.717, 1.165) is 23.5 Å². The fraction of sp³-hybridized carbons (Fsp3) is 0.500. The van der Waals surface area contributed by atoms with Crippen molar-refractivity contribution in [3.05, 3.63) is 23.5 Å². The lowest BCUT2D eigenvalue weighted by Crippen LogP contribution is -1.97. The van der Waals surface area contributed by atoms with Gasteiger partial charge in [-0.15, -0.1) is 0 Å². The fourth-order valence-electron chi connectivity index (χ4n) is 1.12. The zero-order chi connectivity index (χ0) is 8.97. The van der Waals surface area contributed by atoms with E-state index in [1.54, 1.807) is 0 Å². The maximum absolute atomic E-state index is 5.65. The Morgan fingerprint density at radius 2 is 2.17 bits per heavy atom. The number of anilines is 1. The normalized spacial score (nSPS) is 10.2. The molecule has 1 aromatic rings. The molecule has 0 amide bonds. The number of nitrogen functional groups attached to an aromatic ring is 1. The summed E-state index contributed by atoms with van der Waals surface area (Å²) in [5.41, 5.74) is 8.55. The predicted octanol–water partition coefficient (Wildman–Crippen LogP) is 2.31. The van der Waals surface area contributed by atoms with Crippen LogP contribution < -0.4 is 5.73 Å². The van der Waals surface area contributed by atoms with Crippen LogP contribution in [0.1, 0.15) is 31.2 Å². The minimum atomic E-state index is 0.787. The zero-order valence-electron chi connectivity index (χ0n) is 7.80. The highest BCUT2D eigenvalue weighted by molar-refractivity contribution is 5.42. The van der Waals surface area contributed by atoms with E-state index in [1.165, 1.54) is 12.8 Å². The highest BCUT2D eigenvalue weighted by atomic mass is 14.7. The van der Waals surface area contributed by atoms with E-state index in [9.17, 15) is 0 Å². The Labute approximate surface area is 73.8 Å². The summed E-state index contributed by atoms with van der Waals surface area (Å²) in [4.78, 5) is 4.39. The summed E-state index contributed by atoms with van der Waals surface area (Å²) in [7, 11) is 0. The second-order valence-electron chi connectivity index (χ2n) is 3.08. The molecule has 0 atom stereocenters.